The molecule has 0 bridgehead atoms. The fraction of sp³-hybridized carbons (Fsp3) is 0.444. The first-order chi connectivity index (χ1) is 12.3. The molecular weight excluding hydrogens is 349 g/mol. The predicted molar refractivity (Wildman–Crippen MR) is 87.3 cm³/mol. The third-order valence-corrected chi connectivity index (χ3v) is 4.53. The summed E-state index contributed by atoms with van der Waals surface area (Å²) in [5, 5.41) is 16.7. The minimum absolute atomic E-state index is 0.0400. The third-order valence-electron chi connectivity index (χ3n) is 4.53. The molecule has 1 aromatic carbocycles. The summed E-state index contributed by atoms with van der Waals surface area (Å²) in [6.45, 7) is 1.45. The smallest absolute Gasteiger partial charge is 0.388 e. The lowest BCUT2D eigenvalue weighted by Crippen LogP contribution is -2.33. The Kier molecular flexibility index (Phi) is 5.04. The van der Waals surface area contributed by atoms with Crippen molar-refractivity contribution in [2.24, 2.45) is 0 Å². The second-order valence-electron chi connectivity index (χ2n) is 6.48. The number of halogens is 3. The largest absolute Gasteiger partial charge is 0.416 e. The van der Waals surface area contributed by atoms with Crippen LogP contribution in [0.4, 0.5) is 13.2 Å². The summed E-state index contributed by atoms with van der Waals surface area (Å²) in [5.41, 5.74) is -0.359. The van der Waals surface area contributed by atoms with Gasteiger partial charge >= 0.3 is 6.18 Å². The summed E-state index contributed by atoms with van der Waals surface area (Å²) in [4.78, 5) is 12.5. The molecule has 0 saturated heterocycles. The van der Waals surface area contributed by atoms with Crippen LogP contribution in [0.2, 0.25) is 0 Å². The molecule has 3 rings (SSSR count). The van der Waals surface area contributed by atoms with E-state index in [-0.39, 0.29) is 23.1 Å². The first kappa shape index (κ1) is 18.4. The molecule has 1 atom stereocenters. The number of hydrogen-bond acceptors (Lipinski definition) is 4. The number of nitrogens with zero attached hydrogens (tertiary/aromatic N) is 1. The minimum Gasteiger partial charge on any atom is -0.388 e. The number of alkyl halides is 3. The van der Waals surface area contributed by atoms with E-state index >= 15 is 0 Å². The van der Waals surface area contributed by atoms with E-state index in [9.17, 15) is 23.1 Å². The van der Waals surface area contributed by atoms with Crippen LogP contribution in [0.3, 0.4) is 0 Å². The van der Waals surface area contributed by atoms with Crippen molar-refractivity contribution in [1.82, 2.24) is 10.5 Å². The number of nitrogens with one attached hydrogen (secondary N) is 1. The van der Waals surface area contributed by atoms with Gasteiger partial charge in [-0.25, -0.2) is 0 Å². The molecule has 1 aliphatic carbocycles. The Morgan fingerprint density at radius 3 is 2.42 bits per heavy atom. The SMILES string of the molecule is CC(O)c1c(C(=O)NC2CCCC2)noc1-c1ccc(C(F)(F)F)cc1. The molecule has 1 heterocycles. The molecule has 1 amide bonds. The van der Waals surface area contributed by atoms with Crippen LogP contribution in [0.15, 0.2) is 28.8 Å². The summed E-state index contributed by atoms with van der Waals surface area (Å²) in [5.74, 6) is -0.361. The zero-order valence-corrected chi connectivity index (χ0v) is 14.1. The van der Waals surface area contributed by atoms with E-state index in [2.05, 4.69) is 10.5 Å². The van der Waals surface area contributed by atoms with E-state index in [4.69, 9.17) is 4.52 Å². The van der Waals surface area contributed by atoms with Crippen LogP contribution in [-0.4, -0.2) is 22.2 Å². The number of hydrogen-bond donors (Lipinski definition) is 2. The predicted octanol–water partition coefficient (Wildman–Crippen LogP) is 4.09. The number of carbonyl (C=O) groups excluding carboxylic acids is 1. The number of aromatic nitrogens is 1. The average Bonchev–Trinajstić information content (AvgIpc) is 3.23. The molecule has 0 radical (unpaired) electrons. The molecule has 5 nitrogen and oxygen atoms in total. The first-order valence-corrected chi connectivity index (χ1v) is 8.43. The highest BCUT2D eigenvalue weighted by molar-refractivity contribution is 5.95. The van der Waals surface area contributed by atoms with Crippen molar-refractivity contribution >= 4 is 5.91 Å². The maximum atomic E-state index is 12.7. The van der Waals surface area contributed by atoms with Gasteiger partial charge in [-0.3, -0.25) is 4.79 Å². The Balaban J connectivity index is 1.90. The molecule has 1 aliphatic rings. The van der Waals surface area contributed by atoms with E-state index in [1.807, 2.05) is 0 Å². The highest BCUT2D eigenvalue weighted by Gasteiger charge is 2.31. The molecule has 1 aromatic heterocycles. The van der Waals surface area contributed by atoms with Crippen LogP contribution in [0.1, 0.15) is 60.3 Å². The van der Waals surface area contributed by atoms with Gasteiger partial charge in [0.05, 0.1) is 17.2 Å². The van der Waals surface area contributed by atoms with Crippen LogP contribution < -0.4 is 5.32 Å². The lowest BCUT2D eigenvalue weighted by molar-refractivity contribution is -0.137. The fourth-order valence-electron chi connectivity index (χ4n) is 3.19. The molecule has 0 aliphatic heterocycles. The summed E-state index contributed by atoms with van der Waals surface area (Å²) in [6, 6.07) is 4.36. The summed E-state index contributed by atoms with van der Waals surface area (Å²) in [7, 11) is 0. The maximum absolute atomic E-state index is 12.7. The lowest BCUT2D eigenvalue weighted by atomic mass is 10.0. The fourth-order valence-corrected chi connectivity index (χ4v) is 3.19. The van der Waals surface area contributed by atoms with Crippen molar-refractivity contribution in [2.45, 2.75) is 50.9 Å². The Bertz CT molecular complexity index is 776. The molecule has 1 unspecified atom stereocenters. The van der Waals surface area contributed by atoms with Crippen molar-refractivity contribution in [3.8, 4) is 11.3 Å². The number of amides is 1. The number of carbonyl (C=O) groups is 1. The van der Waals surface area contributed by atoms with Gasteiger partial charge in [-0.2, -0.15) is 13.2 Å². The molecule has 0 spiro atoms. The second-order valence-corrected chi connectivity index (χ2v) is 6.48. The van der Waals surface area contributed by atoms with E-state index in [1.54, 1.807) is 0 Å². The molecule has 26 heavy (non-hydrogen) atoms. The normalized spacial score (nSPS) is 16.7. The standard InChI is InChI=1S/C18H19F3N2O3/c1-10(24)14-15(17(25)22-13-4-2-3-5-13)23-26-16(14)11-6-8-12(9-7-11)18(19,20)21/h6-10,13,24H,2-5H2,1H3,(H,22,25). The highest BCUT2D eigenvalue weighted by Crippen LogP contribution is 2.34. The third kappa shape index (κ3) is 3.75. The van der Waals surface area contributed by atoms with Gasteiger partial charge in [-0.1, -0.05) is 30.1 Å². The van der Waals surface area contributed by atoms with Crippen molar-refractivity contribution in [3.63, 3.8) is 0 Å². The molecule has 2 aromatic rings. The summed E-state index contributed by atoms with van der Waals surface area (Å²) >= 11 is 0. The maximum Gasteiger partial charge on any atom is 0.416 e. The Morgan fingerprint density at radius 2 is 1.88 bits per heavy atom. The van der Waals surface area contributed by atoms with Gasteiger partial charge in [-0.15, -0.1) is 0 Å². The van der Waals surface area contributed by atoms with Crippen molar-refractivity contribution in [1.29, 1.82) is 0 Å². The number of aliphatic hydroxyl groups excluding tert-OH is 1. The van der Waals surface area contributed by atoms with Gasteiger partial charge in [0, 0.05) is 11.6 Å². The zero-order valence-electron chi connectivity index (χ0n) is 14.1. The minimum atomic E-state index is -4.45. The van der Waals surface area contributed by atoms with Gasteiger partial charge in [0.2, 0.25) is 0 Å². The second kappa shape index (κ2) is 7.11. The number of rotatable bonds is 4. The summed E-state index contributed by atoms with van der Waals surface area (Å²) in [6.07, 6.45) is -1.64. The Hall–Kier alpha value is -2.35. The Morgan fingerprint density at radius 1 is 1.27 bits per heavy atom. The molecular formula is C18H19F3N2O3. The van der Waals surface area contributed by atoms with Crippen molar-refractivity contribution < 1.29 is 27.6 Å². The molecule has 1 fully saturated rings. The van der Waals surface area contributed by atoms with Gasteiger partial charge in [-0.05, 0) is 31.9 Å². The van der Waals surface area contributed by atoms with Crippen LogP contribution in [-0.2, 0) is 6.18 Å². The van der Waals surface area contributed by atoms with Crippen molar-refractivity contribution in [3.05, 3.63) is 41.1 Å². The molecule has 140 valence electrons. The molecule has 1 saturated carbocycles. The summed E-state index contributed by atoms with van der Waals surface area (Å²) < 4.78 is 43.3. The monoisotopic (exact) mass is 368 g/mol. The average molecular weight is 368 g/mol. The Labute approximate surface area is 148 Å². The molecule has 8 heteroatoms. The topological polar surface area (TPSA) is 75.4 Å². The van der Waals surface area contributed by atoms with Gasteiger partial charge in [0.1, 0.15) is 0 Å². The van der Waals surface area contributed by atoms with E-state index < -0.39 is 23.8 Å². The van der Waals surface area contributed by atoms with Crippen LogP contribution in [0.5, 0.6) is 0 Å². The first-order valence-electron chi connectivity index (χ1n) is 8.43. The van der Waals surface area contributed by atoms with Gasteiger partial charge in [0.25, 0.3) is 5.91 Å². The quantitative estimate of drug-likeness (QED) is 0.852. The van der Waals surface area contributed by atoms with E-state index in [0.29, 0.717) is 5.56 Å². The van der Waals surface area contributed by atoms with Crippen LogP contribution in [0.25, 0.3) is 11.3 Å². The van der Waals surface area contributed by atoms with Gasteiger partial charge in [0.15, 0.2) is 11.5 Å². The number of benzene rings is 1. The lowest BCUT2D eigenvalue weighted by Gasteiger charge is -2.12. The van der Waals surface area contributed by atoms with E-state index in [0.717, 1.165) is 37.8 Å². The molecule has 2 N–H and O–H groups in total. The van der Waals surface area contributed by atoms with Gasteiger partial charge < -0.3 is 14.9 Å². The van der Waals surface area contributed by atoms with Crippen LogP contribution >= 0.6 is 0 Å². The zero-order chi connectivity index (χ0) is 18.9. The van der Waals surface area contributed by atoms with Crippen molar-refractivity contribution in [2.75, 3.05) is 0 Å². The van der Waals surface area contributed by atoms with E-state index in [1.165, 1.54) is 19.1 Å². The number of aliphatic hydroxyl groups is 1. The highest BCUT2D eigenvalue weighted by atomic mass is 19.4. The van der Waals surface area contributed by atoms with Crippen LogP contribution in [0, 0.1) is 0 Å².